The predicted molar refractivity (Wildman–Crippen MR) is 73.4 cm³/mol. The molecule has 2 atom stereocenters. The van der Waals surface area contributed by atoms with Gasteiger partial charge in [-0.15, -0.1) is 0 Å². The molecule has 0 amide bonds. The van der Waals surface area contributed by atoms with Crippen LogP contribution in [-0.4, -0.2) is 15.6 Å². The predicted octanol–water partition coefficient (Wildman–Crippen LogP) is 3.28. The van der Waals surface area contributed by atoms with Crippen LogP contribution >= 0.6 is 0 Å². The van der Waals surface area contributed by atoms with Gasteiger partial charge in [0.2, 0.25) is 0 Å². The summed E-state index contributed by atoms with van der Waals surface area (Å²) in [6.45, 7) is 3.33. The van der Waals surface area contributed by atoms with E-state index in [2.05, 4.69) is 21.8 Å². The van der Waals surface area contributed by atoms with E-state index in [9.17, 15) is 0 Å². The molecule has 0 radical (unpaired) electrons. The Labute approximate surface area is 110 Å². The van der Waals surface area contributed by atoms with Gasteiger partial charge in [0.25, 0.3) is 0 Å². The first-order valence-corrected chi connectivity index (χ1v) is 7.61. The van der Waals surface area contributed by atoms with Crippen molar-refractivity contribution in [2.45, 2.75) is 70.5 Å². The zero-order valence-electron chi connectivity index (χ0n) is 11.4. The first-order chi connectivity index (χ1) is 8.86. The lowest BCUT2D eigenvalue weighted by Gasteiger charge is -2.29. The topological polar surface area (TPSA) is 29.9 Å². The molecule has 2 unspecified atom stereocenters. The molecule has 1 aromatic heterocycles. The van der Waals surface area contributed by atoms with Crippen molar-refractivity contribution in [1.29, 1.82) is 0 Å². The number of hydrogen-bond donors (Lipinski definition) is 1. The number of aromatic nitrogens is 2. The Morgan fingerprint density at radius 3 is 3.00 bits per heavy atom. The fourth-order valence-electron chi connectivity index (χ4n) is 3.25. The Bertz CT molecular complexity index is 381. The van der Waals surface area contributed by atoms with Crippen molar-refractivity contribution in [3.8, 4) is 0 Å². The van der Waals surface area contributed by atoms with Gasteiger partial charge in [-0.25, -0.2) is 4.98 Å². The fraction of sp³-hybridized carbons (Fsp3) is 0.800. The summed E-state index contributed by atoms with van der Waals surface area (Å²) >= 11 is 0. The van der Waals surface area contributed by atoms with Crippen molar-refractivity contribution >= 4 is 0 Å². The summed E-state index contributed by atoms with van der Waals surface area (Å²) in [5.74, 6) is 0.949. The van der Waals surface area contributed by atoms with E-state index < -0.39 is 0 Å². The molecule has 0 aliphatic heterocycles. The van der Waals surface area contributed by atoms with E-state index in [-0.39, 0.29) is 0 Å². The third kappa shape index (κ3) is 2.77. The standard InChI is InChI=1S/C15H25N3/c1-2-12-4-3-5-13(8-12)17-10-15-9-16-11-18(15)14-6-7-14/h9,11-14,17H,2-8,10H2,1H3. The minimum Gasteiger partial charge on any atom is -0.330 e. The monoisotopic (exact) mass is 247 g/mol. The van der Waals surface area contributed by atoms with Crippen molar-refractivity contribution in [3.05, 3.63) is 18.2 Å². The highest BCUT2D eigenvalue weighted by molar-refractivity contribution is 5.03. The Morgan fingerprint density at radius 1 is 1.33 bits per heavy atom. The average molecular weight is 247 g/mol. The average Bonchev–Trinajstić information content (AvgIpc) is 3.15. The van der Waals surface area contributed by atoms with Crippen LogP contribution in [0.5, 0.6) is 0 Å². The van der Waals surface area contributed by atoms with Crippen molar-refractivity contribution in [3.63, 3.8) is 0 Å². The molecule has 2 aliphatic carbocycles. The number of nitrogens with one attached hydrogen (secondary N) is 1. The summed E-state index contributed by atoms with van der Waals surface area (Å²) < 4.78 is 2.37. The Balaban J connectivity index is 1.52. The van der Waals surface area contributed by atoms with Gasteiger partial charge >= 0.3 is 0 Å². The quantitative estimate of drug-likeness (QED) is 0.865. The highest BCUT2D eigenvalue weighted by Gasteiger charge is 2.26. The lowest BCUT2D eigenvalue weighted by atomic mass is 9.84. The van der Waals surface area contributed by atoms with Crippen LogP contribution in [0.25, 0.3) is 0 Å². The Morgan fingerprint density at radius 2 is 2.22 bits per heavy atom. The number of nitrogens with zero attached hydrogens (tertiary/aromatic N) is 2. The van der Waals surface area contributed by atoms with E-state index in [0.717, 1.165) is 24.5 Å². The number of rotatable bonds is 5. The molecule has 3 rings (SSSR count). The molecule has 0 aromatic carbocycles. The summed E-state index contributed by atoms with van der Waals surface area (Å²) in [4.78, 5) is 4.30. The molecule has 2 aliphatic rings. The van der Waals surface area contributed by atoms with Gasteiger partial charge in [-0.2, -0.15) is 0 Å². The molecule has 0 saturated heterocycles. The van der Waals surface area contributed by atoms with Crippen LogP contribution in [0, 0.1) is 5.92 Å². The minimum atomic E-state index is 0.728. The minimum absolute atomic E-state index is 0.728. The summed E-state index contributed by atoms with van der Waals surface area (Å²) in [5.41, 5.74) is 1.37. The molecular weight excluding hydrogens is 222 g/mol. The first kappa shape index (κ1) is 12.2. The molecule has 2 saturated carbocycles. The molecular formula is C15H25N3. The lowest BCUT2D eigenvalue weighted by Crippen LogP contribution is -2.34. The maximum atomic E-state index is 4.30. The maximum absolute atomic E-state index is 4.30. The SMILES string of the molecule is CCC1CCCC(NCc2cncn2C2CC2)C1. The summed E-state index contributed by atoms with van der Waals surface area (Å²) in [6, 6.07) is 1.48. The van der Waals surface area contributed by atoms with E-state index in [1.54, 1.807) is 0 Å². The van der Waals surface area contributed by atoms with Gasteiger partial charge in [-0.3, -0.25) is 0 Å². The van der Waals surface area contributed by atoms with Gasteiger partial charge < -0.3 is 9.88 Å². The van der Waals surface area contributed by atoms with Gasteiger partial charge in [0.15, 0.2) is 0 Å². The first-order valence-electron chi connectivity index (χ1n) is 7.61. The second-order valence-corrected chi connectivity index (χ2v) is 6.04. The smallest absolute Gasteiger partial charge is 0.0951 e. The largest absolute Gasteiger partial charge is 0.330 e. The van der Waals surface area contributed by atoms with Crippen molar-refractivity contribution in [2.75, 3.05) is 0 Å². The summed E-state index contributed by atoms with van der Waals surface area (Å²) in [5, 5.41) is 3.75. The third-order valence-electron chi connectivity index (χ3n) is 4.62. The van der Waals surface area contributed by atoms with Gasteiger partial charge in [-0.1, -0.05) is 26.2 Å². The van der Waals surface area contributed by atoms with E-state index in [1.807, 2.05) is 12.5 Å². The molecule has 1 heterocycles. The van der Waals surface area contributed by atoms with Crippen LogP contribution in [0.1, 0.15) is 63.6 Å². The van der Waals surface area contributed by atoms with E-state index >= 15 is 0 Å². The van der Waals surface area contributed by atoms with Gasteiger partial charge in [0, 0.05) is 24.8 Å². The highest BCUT2D eigenvalue weighted by atomic mass is 15.1. The molecule has 3 nitrogen and oxygen atoms in total. The molecule has 0 spiro atoms. The van der Waals surface area contributed by atoms with E-state index in [0.29, 0.717) is 0 Å². The van der Waals surface area contributed by atoms with Gasteiger partial charge in [0.05, 0.1) is 12.0 Å². The second kappa shape index (κ2) is 5.43. The van der Waals surface area contributed by atoms with Gasteiger partial charge in [0.1, 0.15) is 0 Å². The molecule has 18 heavy (non-hydrogen) atoms. The molecule has 100 valence electrons. The van der Waals surface area contributed by atoms with E-state index in [1.165, 1.54) is 50.6 Å². The lowest BCUT2D eigenvalue weighted by molar-refractivity contribution is 0.277. The van der Waals surface area contributed by atoms with Crippen LogP contribution in [0.4, 0.5) is 0 Å². The van der Waals surface area contributed by atoms with Crippen LogP contribution < -0.4 is 5.32 Å². The fourth-order valence-corrected chi connectivity index (χ4v) is 3.25. The molecule has 3 heteroatoms. The summed E-state index contributed by atoms with van der Waals surface area (Å²) in [7, 11) is 0. The third-order valence-corrected chi connectivity index (χ3v) is 4.62. The Hall–Kier alpha value is -0.830. The number of hydrogen-bond acceptors (Lipinski definition) is 2. The van der Waals surface area contributed by atoms with E-state index in [4.69, 9.17) is 0 Å². The highest BCUT2D eigenvalue weighted by Crippen LogP contribution is 2.35. The molecule has 1 aromatic rings. The number of imidazole rings is 1. The van der Waals surface area contributed by atoms with Crippen LogP contribution in [-0.2, 0) is 6.54 Å². The summed E-state index contributed by atoms with van der Waals surface area (Å²) in [6.07, 6.45) is 13.6. The zero-order chi connectivity index (χ0) is 12.4. The Kier molecular flexibility index (Phi) is 3.69. The molecule has 1 N–H and O–H groups in total. The second-order valence-electron chi connectivity index (χ2n) is 6.04. The van der Waals surface area contributed by atoms with Crippen LogP contribution in [0.3, 0.4) is 0 Å². The van der Waals surface area contributed by atoms with Crippen LogP contribution in [0.15, 0.2) is 12.5 Å². The zero-order valence-corrected chi connectivity index (χ0v) is 11.4. The van der Waals surface area contributed by atoms with Crippen LogP contribution in [0.2, 0.25) is 0 Å². The molecule has 0 bridgehead atoms. The van der Waals surface area contributed by atoms with Crippen molar-refractivity contribution in [2.24, 2.45) is 5.92 Å². The molecule has 2 fully saturated rings. The van der Waals surface area contributed by atoms with Crippen molar-refractivity contribution in [1.82, 2.24) is 14.9 Å². The van der Waals surface area contributed by atoms with Crippen molar-refractivity contribution < 1.29 is 0 Å². The maximum Gasteiger partial charge on any atom is 0.0951 e. The van der Waals surface area contributed by atoms with Gasteiger partial charge in [-0.05, 0) is 31.6 Å². The normalized spacial score (nSPS) is 28.5.